The van der Waals surface area contributed by atoms with Crippen LogP contribution in [0.25, 0.3) is 0 Å². The molecule has 1 aromatic rings. The average Bonchev–Trinajstić information content (AvgIpc) is 3.08. The zero-order chi connectivity index (χ0) is 13.8. The van der Waals surface area contributed by atoms with E-state index in [1.165, 1.54) is 10.9 Å². The zero-order valence-corrected chi connectivity index (χ0v) is 11.3. The highest BCUT2D eigenvalue weighted by atomic mass is 16.5. The summed E-state index contributed by atoms with van der Waals surface area (Å²) < 4.78 is 6.41. The van der Waals surface area contributed by atoms with Crippen LogP contribution in [-0.4, -0.2) is 46.3 Å². The molecule has 1 aliphatic rings. The third kappa shape index (κ3) is 2.94. The normalized spacial score (nSPS) is 16.4. The fourth-order valence-electron chi connectivity index (χ4n) is 2.18. The number of rotatable bonds is 4. The van der Waals surface area contributed by atoms with Gasteiger partial charge in [0.15, 0.2) is 0 Å². The van der Waals surface area contributed by atoms with Crippen molar-refractivity contribution in [3.63, 3.8) is 0 Å². The highest BCUT2D eigenvalue weighted by Gasteiger charge is 2.25. The number of esters is 1. The first-order chi connectivity index (χ1) is 9.13. The Hall–Kier alpha value is -1.85. The molecule has 1 fully saturated rings. The van der Waals surface area contributed by atoms with E-state index < -0.39 is 5.97 Å². The summed E-state index contributed by atoms with van der Waals surface area (Å²) in [5.41, 5.74) is 0.378. The molecule has 19 heavy (non-hydrogen) atoms. The standard InChI is InChI=1S/C13H19N3O3/c1-3-19-13(18)11-8-14-16(9-11)10(2)12(17)15-6-4-5-7-15/h8-10H,3-7H2,1-2H3. The van der Waals surface area contributed by atoms with Crippen molar-refractivity contribution in [2.24, 2.45) is 0 Å². The molecule has 1 amide bonds. The van der Waals surface area contributed by atoms with Gasteiger partial charge in [0.2, 0.25) is 5.91 Å². The van der Waals surface area contributed by atoms with Gasteiger partial charge in [-0.25, -0.2) is 4.79 Å². The fraction of sp³-hybridized carbons (Fsp3) is 0.615. The van der Waals surface area contributed by atoms with Crippen LogP contribution in [0.4, 0.5) is 0 Å². The van der Waals surface area contributed by atoms with Crippen LogP contribution in [0.15, 0.2) is 12.4 Å². The minimum atomic E-state index is -0.408. The highest BCUT2D eigenvalue weighted by molar-refractivity contribution is 5.89. The van der Waals surface area contributed by atoms with Crippen molar-refractivity contribution < 1.29 is 14.3 Å². The Balaban J connectivity index is 2.04. The minimum absolute atomic E-state index is 0.0519. The van der Waals surface area contributed by atoms with Crippen LogP contribution in [0.1, 0.15) is 43.1 Å². The van der Waals surface area contributed by atoms with Gasteiger partial charge >= 0.3 is 5.97 Å². The molecule has 0 N–H and O–H groups in total. The summed E-state index contributed by atoms with van der Waals surface area (Å²) in [4.78, 5) is 25.6. The van der Waals surface area contributed by atoms with Gasteiger partial charge in [-0.1, -0.05) is 0 Å². The molecule has 2 heterocycles. The van der Waals surface area contributed by atoms with Crippen molar-refractivity contribution in [2.45, 2.75) is 32.7 Å². The van der Waals surface area contributed by atoms with Crippen molar-refractivity contribution in [1.82, 2.24) is 14.7 Å². The number of likely N-dealkylation sites (tertiary alicyclic amines) is 1. The second-order valence-corrected chi connectivity index (χ2v) is 4.64. The molecule has 0 spiro atoms. The van der Waals surface area contributed by atoms with Gasteiger partial charge in [-0.3, -0.25) is 9.48 Å². The number of hydrogen-bond acceptors (Lipinski definition) is 4. The molecule has 1 aromatic heterocycles. The molecule has 1 aliphatic heterocycles. The second kappa shape index (κ2) is 5.86. The van der Waals surface area contributed by atoms with E-state index in [1.54, 1.807) is 20.0 Å². The first kappa shape index (κ1) is 13.6. The van der Waals surface area contributed by atoms with Gasteiger partial charge in [-0.05, 0) is 26.7 Å². The van der Waals surface area contributed by atoms with Crippen molar-refractivity contribution in [3.05, 3.63) is 18.0 Å². The van der Waals surface area contributed by atoms with Crippen LogP contribution >= 0.6 is 0 Å². The Morgan fingerprint density at radius 1 is 1.42 bits per heavy atom. The minimum Gasteiger partial charge on any atom is -0.462 e. The summed E-state index contributed by atoms with van der Waals surface area (Å²) in [7, 11) is 0. The van der Waals surface area contributed by atoms with Gasteiger partial charge in [0, 0.05) is 19.3 Å². The maximum absolute atomic E-state index is 12.2. The van der Waals surface area contributed by atoms with Crippen LogP contribution in [0.5, 0.6) is 0 Å². The van der Waals surface area contributed by atoms with Crippen LogP contribution in [-0.2, 0) is 9.53 Å². The summed E-state index contributed by atoms with van der Waals surface area (Å²) in [5.74, 6) is -0.356. The Labute approximate surface area is 112 Å². The Morgan fingerprint density at radius 3 is 2.74 bits per heavy atom. The van der Waals surface area contributed by atoms with Crippen LogP contribution in [0.2, 0.25) is 0 Å². The lowest BCUT2D eigenvalue weighted by atomic mass is 10.3. The molecule has 0 bridgehead atoms. The van der Waals surface area contributed by atoms with Gasteiger partial charge in [0.1, 0.15) is 6.04 Å². The van der Waals surface area contributed by atoms with Gasteiger partial charge in [0.25, 0.3) is 0 Å². The lowest BCUT2D eigenvalue weighted by Crippen LogP contribution is -2.34. The number of carbonyl (C=O) groups is 2. The lowest BCUT2D eigenvalue weighted by molar-refractivity contribution is -0.133. The van der Waals surface area contributed by atoms with Gasteiger partial charge in [-0.15, -0.1) is 0 Å². The van der Waals surface area contributed by atoms with Crippen LogP contribution in [0, 0.1) is 0 Å². The van der Waals surface area contributed by atoms with Crippen LogP contribution < -0.4 is 0 Å². The molecule has 0 radical (unpaired) electrons. The lowest BCUT2D eigenvalue weighted by Gasteiger charge is -2.20. The molecule has 0 aliphatic carbocycles. The number of carbonyl (C=O) groups excluding carboxylic acids is 2. The first-order valence-electron chi connectivity index (χ1n) is 6.63. The highest BCUT2D eigenvalue weighted by Crippen LogP contribution is 2.15. The monoisotopic (exact) mass is 265 g/mol. The Morgan fingerprint density at radius 2 is 2.11 bits per heavy atom. The van der Waals surface area contributed by atoms with E-state index in [0.29, 0.717) is 12.2 Å². The summed E-state index contributed by atoms with van der Waals surface area (Å²) in [6.07, 6.45) is 5.12. The van der Waals surface area contributed by atoms with Gasteiger partial charge in [0.05, 0.1) is 18.4 Å². The predicted octanol–water partition coefficient (Wildman–Crippen LogP) is 1.24. The van der Waals surface area contributed by atoms with Crippen molar-refractivity contribution in [2.75, 3.05) is 19.7 Å². The van der Waals surface area contributed by atoms with E-state index in [9.17, 15) is 9.59 Å². The summed E-state index contributed by atoms with van der Waals surface area (Å²) in [6, 6.07) is -0.388. The van der Waals surface area contributed by atoms with Crippen molar-refractivity contribution in [3.8, 4) is 0 Å². The molecule has 6 nitrogen and oxygen atoms in total. The number of amides is 1. The Kier molecular flexibility index (Phi) is 4.19. The van der Waals surface area contributed by atoms with E-state index in [1.807, 2.05) is 4.90 Å². The van der Waals surface area contributed by atoms with Gasteiger partial charge in [-0.2, -0.15) is 5.10 Å². The Bertz CT molecular complexity index is 463. The largest absolute Gasteiger partial charge is 0.462 e. The number of aromatic nitrogens is 2. The maximum atomic E-state index is 12.2. The van der Waals surface area contributed by atoms with Gasteiger partial charge < -0.3 is 9.64 Å². The molecule has 6 heteroatoms. The molecule has 2 rings (SSSR count). The number of hydrogen-bond donors (Lipinski definition) is 0. The second-order valence-electron chi connectivity index (χ2n) is 4.64. The third-order valence-electron chi connectivity index (χ3n) is 3.28. The molecule has 1 saturated heterocycles. The van der Waals surface area contributed by atoms with E-state index in [0.717, 1.165) is 25.9 Å². The predicted molar refractivity (Wildman–Crippen MR) is 68.7 cm³/mol. The van der Waals surface area contributed by atoms with Crippen LogP contribution in [0.3, 0.4) is 0 Å². The average molecular weight is 265 g/mol. The van der Waals surface area contributed by atoms with E-state index >= 15 is 0 Å². The van der Waals surface area contributed by atoms with E-state index in [-0.39, 0.29) is 11.9 Å². The van der Waals surface area contributed by atoms with Crippen molar-refractivity contribution >= 4 is 11.9 Å². The number of nitrogens with zero attached hydrogens (tertiary/aromatic N) is 3. The molecule has 1 unspecified atom stereocenters. The summed E-state index contributed by atoms with van der Waals surface area (Å²) in [6.45, 7) is 5.50. The molecular weight excluding hydrogens is 246 g/mol. The topological polar surface area (TPSA) is 64.4 Å². The molecular formula is C13H19N3O3. The fourth-order valence-corrected chi connectivity index (χ4v) is 2.18. The zero-order valence-electron chi connectivity index (χ0n) is 11.3. The van der Waals surface area contributed by atoms with E-state index in [4.69, 9.17) is 4.74 Å². The molecule has 0 saturated carbocycles. The molecule has 0 aromatic carbocycles. The first-order valence-corrected chi connectivity index (χ1v) is 6.63. The summed E-state index contributed by atoms with van der Waals surface area (Å²) >= 11 is 0. The number of ether oxygens (including phenoxy) is 1. The quantitative estimate of drug-likeness (QED) is 0.768. The third-order valence-corrected chi connectivity index (χ3v) is 3.28. The molecule has 104 valence electrons. The van der Waals surface area contributed by atoms with Crippen molar-refractivity contribution in [1.29, 1.82) is 0 Å². The molecule has 1 atom stereocenters. The SMILES string of the molecule is CCOC(=O)c1cnn(C(C)C(=O)N2CCCC2)c1. The maximum Gasteiger partial charge on any atom is 0.341 e. The van der Waals surface area contributed by atoms with E-state index in [2.05, 4.69) is 5.10 Å². The smallest absolute Gasteiger partial charge is 0.341 e. The summed E-state index contributed by atoms with van der Waals surface area (Å²) in [5, 5.41) is 4.08.